The molecule has 1 unspecified atom stereocenters. The molecule has 0 bridgehead atoms. The molecule has 1 aromatic rings. The van der Waals surface area contributed by atoms with Crippen LogP contribution in [-0.2, 0) is 11.2 Å². The van der Waals surface area contributed by atoms with Crippen molar-refractivity contribution in [2.24, 2.45) is 5.92 Å². The molecule has 1 saturated heterocycles. The van der Waals surface area contributed by atoms with E-state index in [0.717, 1.165) is 50.8 Å². The highest BCUT2D eigenvalue weighted by molar-refractivity contribution is 5.76. The third kappa shape index (κ3) is 4.65. The summed E-state index contributed by atoms with van der Waals surface area (Å²) in [5, 5.41) is 0. The minimum atomic E-state index is -0.805. The number of benzene rings is 1. The molecule has 0 aliphatic carbocycles. The van der Waals surface area contributed by atoms with Crippen LogP contribution >= 0.6 is 0 Å². The number of hydrogen-bond acceptors (Lipinski definition) is 1. The number of allylic oxidation sites excluding steroid dienone is 1. The van der Waals surface area contributed by atoms with Crippen molar-refractivity contribution in [2.45, 2.75) is 38.5 Å². The maximum absolute atomic E-state index is 13.2. The molecule has 1 atom stereocenters. The fourth-order valence-corrected chi connectivity index (χ4v) is 2.98. The van der Waals surface area contributed by atoms with Gasteiger partial charge in [-0.2, -0.15) is 0 Å². The molecule has 2 nitrogen and oxygen atoms in total. The molecule has 120 valence electrons. The average molecular weight is 307 g/mol. The maximum atomic E-state index is 13.2. The first-order chi connectivity index (χ1) is 10.6. The van der Waals surface area contributed by atoms with Gasteiger partial charge in [0.15, 0.2) is 11.6 Å². The molecule has 0 aromatic heterocycles. The van der Waals surface area contributed by atoms with Crippen LogP contribution in [-0.4, -0.2) is 23.9 Å². The summed E-state index contributed by atoms with van der Waals surface area (Å²) in [6.45, 7) is 5.25. The van der Waals surface area contributed by atoms with Gasteiger partial charge < -0.3 is 4.90 Å². The van der Waals surface area contributed by atoms with Crippen LogP contribution in [0.15, 0.2) is 30.9 Å². The van der Waals surface area contributed by atoms with E-state index in [1.807, 2.05) is 4.90 Å². The minimum absolute atomic E-state index is 0.192. The van der Waals surface area contributed by atoms with E-state index in [-0.39, 0.29) is 5.91 Å². The molecule has 1 amide bonds. The highest BCUT2D eigenvalue weighted by Gasteiger charge is 2.22. The summed E-state index contributed by atoms with van der Waals surface area (Å²) < 4.78 is 26.1. The Morgan fingerprint density at radius 2 is 2.18 bits per heavy atom. The van der Waals surface area contributed by atoms with Crippen molar-refractivity contribution in [1.82, 2.24) is 4.90 Å². The second-order valence-electron chi connectivity index (χ2n) is 5.96. The molecule has 0 spiro atoms. The smallest absolute Gasteiger partial charge is 0.222 e. The Morgan fingerprint density at radius 3 is 2.91 bits per heavy atom. The number of aryl methyl sites for hydroxylation is 1. The highest BCUT2D eigenvalue weighted by Crippen LogP contribution is 2.23. The number of amides is 1. The summed E-state index contributed by atoms with van der Waals surface area (Å²) in [5.41, 5.74) is 0.814. The maximum Gasteiger partial charge on any atom is 0.222 e. The Hall–Kier alpha value is -1.71. The van der Waals surface area contributed by atoms with Crippen LogP contribution in [0.25, 0.3) is 0 Å². The number of hydrogen-bond donors (Lipinski definition) is 0. The molecule has 1 fully saturated rings. The van der Waals surface area contributed by atoms with Crippen LogP contribution < -0.4 is 0 Å². The Balaban J connectivity index is 1.83. The number of carbonyl (C=O) groups is 1. The summed E-state index contributed by atoms with van der Waals surface area (Å²) in [4.78, 5) is 14.0. The zero-order valence-electron chi connectivity index (χ0n) is 12.9. The van der Waals surface area contributed by atoms with Crippen molar-refractivity contribution in [2.75, 3.05) is 13.1 Å². The zero-order valence-corrected chi connectivity index (χ0v) is 12.9. The molecule has 1 heterocycles. The van der Waals surface area contributed by atoms with Gasteiger partial charge >= 0.3 is 0 Å². The van der Waals surface area contributed by atoms with Gasteiger partial charge in [-0.15, -0.1) is 6.58 Å². The number of carbonyl (C=O) groups excluding carboxylic acids is 1. The fourth-order valence-electron chi connectivity index (χ4n) is 2.98. The third-order valence-electron chi connectivity index (χ3n) is 4.26. The van der Waals surface area contributed by atoms with Crippen molar-refractivity contribution >= 4 is 5.91 Å². The number of piperidine rings is 1. The van der Waals surface area contributed by atoms with E-state index in [1.54, 1.807) is 12.1 Å². The van der Waals surface area contributed by atoms with Gasteiger partial charge in [0.1, 0.15) is 0 Å². The first-order valence-corrected chi connectivity index (χ1v) is 7.92. The van der Waals surface area contributed by atoms with Gasteiger partial charge in [0.05, 0.1) is 0 Å². The summed E-state index contributed by atoms with van der Waals surface area (Å²) in [7, 11) is 0. The Kier molecular flexibility index (Phi) is 6.10. The largest absolute Gasteiger partial charge is 0.342 e. The van der Waals surface area contributed by atoms with Gasteiger partial charge in [0.2, 0.25) is 5.91 Å². The predicted octanol–water partition coefficient (Wildman–Crippen LogP) is 4.10. The van der Waals surface area contributed by atoms with Gasteiger partial charge in [-0.25, -0.2) is 8.78 Å². The van der Waals surface area contributed by atoms with Crippen molar-refractivity contribution in [3.63, 3.8) is 0 Å². The first-order valence-electron chi connectivity index (χ1n) is 7.92. The van der Waals surface area contributed by atoms with Gasteiger partial charge in [0.25, 0.3) is 0 Å². The van der Waals surface area contributed by atoms with E-state index in [0.29, 0.717) is 12.3 Å². The topological polar surface area (TPSA) is 20.3 Å². The predicted molar refractivity (Wildman–Crippen MR) is 83.4 cm³/mol. The van der Waals surface area contributed by atoms with Crippen LogP contribution in [0, 0.1) is 17.6 Å². The Labute approximate surface area is 130 Å². The lowest BCUT2D eigenvalue weighted by atomic mass is 9.91. The molecule has 4 heteroatoms. The van der Waals surface area contributed by atoms with E-state index in [9.17, 15) is 13.6 Å². The standard InChI is InChI=1S/C18H23F2NO/c1-2-3-6-18(22)21-11-4-5-15(13-21)8-7-14-9-10-16(19)17(20)12-14/h2,9-10,12,15H,1,3-8,11,13H2. The lowest BCUT2D eigenvalue weighted by Crippen LogP contribution is -2.39. The Morgan fingerprint density at radius 1 is 1.36 bits per heavy atom. The summed E-state index contributed by atoms with van der Waals surface area (Å²) in [6.07, 6.45) is 6.74. The van der Waals surface area contributed by atoms with Gasteiger partial charge in [-0.3, -0.25) is 4.79 Å². The fraction of sp³-hybridized carbons (Fsp3) is 0.500. The SMILES string of the molecule is C=CCCC(=O)N1CCCC(CCc2ccc(F)c(F)c2)C1. The van der Waals surface area contributed by atoms with Crippen molar-refractivity contribution in [3.05, 3.63) is 48.1 Å². The minimum Gasteiger partial charge on any atom is -0.342 e. The van der Waals surface area contributed by atoms with E-state index >= 15 is 0 Å². The molecular formula is C18H23F2NO. The molecule has 1 aliphatic heterocycles. The third-order valence-corrected chi connectivity index (χ3v) is 4.26. The van der Waals surface area contributed by atoms with Crippen molar-refractivity contribution in [3.8, 4) is 0 Å². The molecule has 1 aliphatic rings. The monoisotopic (exact) mass is 307 g/mol. The lowest BCUT2D eigenvalue weighted by Gasteiger charge is -2.33. The van der Waals surface area contributed by atoms with E-state index in [2.05, 4.69) is 6.58 Å². The van der Waals surface area contributed by atoms with Gasteiger partial charge in [-0.1, -0.05) is 12.1 Å². The number of halogens is 2. The summed E-state index contributed by atoms with van der Waals surface area (Å²) in [5.74, 6) is -0.963. The number of rotatable bonds is 6. The zero-order chi connectivity index (χ0) is 15.9. The molecule has 22 heavy (non-hydrogen) atoms. The molecule has 0 saturated carbocycles. The quantitative estimate of drug-likeness (QED) is 0.725. The van der Waals surface area contributed by atoms with Crippen LogP contribution in [0.5, 0.6) is 0 Å². The van der Waals surface area contributed by atoms with Crippen molar-refractivity contribution < 1.29 is 13.6 Å². The highest BCUT2D eigenvalue weighted by atomic mass is 19.2. The first kappa shape index (κ1) is 16.7. The van der Waals surface area contributed by atoms with Crippen molar-refractivity contribution in [1.29, 1.82) is 0 Å². The second kappa shape index (κ2) is 8.06. The van der Waals surface area contributed by atoms with Gasteiger partial charge in [-0.05, 0) is 55.7 Å². The average Bonchev–Trinajstić information content (AvgIpc) is 2.54. The Bertz CT molecular complexity index is 530. The lowest BCUT2D eigenvalue weighted by molar-refractivity contribution is -0.132. The van der Waals surface area contributed by atoms with E-state index < -0.39 is 11.6 Å². The molecular weight excluding hydrogens is 284 g/mol. The normalized spacial score (nSPS) is 18.3. The van der Waals surface area contributed by atoms with Gasteiger partial charge in [0, 0.05) is 19.5 Å². The number of likely N-dealkylation sites (tertiary alicyclic amines) is 1. The van der Waals surface area contributed by atoms with Crippen LogP contribution in [0.2, 0.25) is 0 Å². The van der Waals surface area contributed by atoms with Crippen LogP contribution in [0.4, 0.5) is 8.78 Å². The molecule has 2 rings (SSSR count). The van der Waals surface area contributed by atoms with Crippen LogP contribution in [0.3, 0.4) is 0 Å². The summed E-state index contributed by atoms with van der Waals surface area (Å²) >= 11 is 0. The van der Waals surface area contributed by atoms with Crippen LogP contribution in [0.1, 0.15) is 37.7 Å². The molecule has 1 aromatic carbocycles. The number of nitrogens with zero attached hydrogens (tertiary/aromatic N) is 1. The molecule has 0 radical (unpaired) electrons. The van der Waals surface area contributed by atoms with E-state index in [1.165, 1.54) is 12.1 Å². The molecule has 0 N–H and O–H groups in total. The van der Waals surface area contributed by atoms with E-state index in [4.69, 9.17) is 0 Å². The summed E-state index contributed by atoms with van der Waals surface area (Å²) in [6, 6.07) is 4.08. The second-order valence-corrected chi connectivity index (χ2v) is 5.96.